The number of alkyl halides is 3. The predicted octanol–water partition coefficient (Wildman–Crippen LogP) is 0.926. The van der Waals surface area contributed by atoms with E-state index in [-0.39, 0.29) is 11.3 Å². The molecule has 3 N–H and O–H groups in total. The van der Waals surface area contributed by atoms with Gasteiger partial charge in [-0.1, -0.05) is 0 Å². The van der Waals surface area contributed by atoms with Crippen LogP contribution in [-0.4, -0.2) is 16.5 Å². The van der Waals surface area contributed by atoms with Gasteiger partial charge in [-0.3, -0.25) is 0 Å². The molecule has 1 aromatic rings. The Hall–Kier alpha value is -2.01. The molecule has 0 saturated heterocycles. The molecule has 0 saturated carbocycles. The van der Waals surface area contributed by atoms with E-state index in [1.54, 1.807) is 6.07 Å². The summed E-state index contributed by atoms with van der Waals surface area (Å²) in [6, 6.07) is 2.56. The van der Waals surface area contributed by atoms with Gasteiger partial charge in [-0.15, -0.1) is 13.2 Å². The number of hydrogen-bond donors (Lipinski definition) is 2. The maximum absolute atomic E-state index is 12.0. The normalized spacial score (nSPS) is 10.9. The van der Waals surface area contributed by atoms with Crippen LogP contribution in [0.3, 0.4) is 0 Å². The third-order valence-corrected chi connectivity index (χ3v) is 1.58. The van der Waals surface area contributed by atoms with E-state index in [0.29, 0.717) is 0 Å². The van der Waals surface area contributed by atoms with Crippen LogP contribution in [-0.2, 0) is 6.61 Å². The van der Waals surface area contributed by atoms with Crippen LogP contribution in [0.15, 0.2) is 6.07 Å². The second kappa shape index (κ2) is 4.24. The molecule has 0 aliphatic rings. The summed E-state index contributed by atoms with van der Waals surface area (Å²) in [4.78, 5) is 3.36. The number of ether oxygens (including phenoxy) is 1. The quantitative estimate of drug-likeness (QED) is 0.792. The van der Waals surface area contributed by atoms with E-state index in [4.69, 9.17) is 16.1 Å². The van der Waals surface area contributed by atoms with E-state index in [0.717, 1.165) is 6.07 Å². The SMILES string of the molecule is N#Cc1cc(CO)c(OC(F)(F)F)c(N)n1. The Bertz CT molecular complexity index is 439. The summed E-state index contributed by atoms with van der Waals surface area (Å²) in [5, 5.41) is 17.3. The number of rotatable bonds is 2. The number of aliphatic hydroxyl groups is 1. The molecule has 0 unspecified atom stereocenters. The van der Waals surface area contributed by atoms with Gasteiger partial charge in [0.1, 0.15) is 11.8 Å². The van der Waals surface area contributed by atoms with Crippen molar-refractivity contribution in [2.75, 3.05) is 5.73 Å². The second-order valence-electron chi connectivity index (χ2n) is 2.70. The topological polar surface area (TPSA) is 92.2 Å². The number of pyridine rings is 1. The first kappa shape index (κ1) is 12.1. The lowest BCUT2D eigenvalue weighted by Gasteiger charge is -2.13. The summed E-state index contributed by atoms with van der Waals surface area (Å²) < 4.78 is 39.5. The highest BCUT2D eigenvalue weighted by Crippen LogP contribution is 2.31. The van der Waals surface area contributed by atoms with Crippen molar-refractivity contribution in [2.45, 2.75) is 13.0 Å². The zero-order valence-electron chi connectivity index (χ0n) is 7.75. The van der Waals surface area contributed by atoms with Crippen molar-refractivity contribution in [1.82, 2.24) is 4.98 Å². The van der Waals surface area contributed by atoms with Crippen LogP contribution in [0.1, 0.15) is 11.3 Å². The summed E-state index contributed by atoms with van der Waals surface area (Å²) in [7, 11) is 0. The molecule has 0 aliphatic heterocycles. The van der Waals surface area contributed by atoms with Crippen molar-refractivity contribution < 1.29 is 23.0 Å². The Labute approximate surface area is 87.9 Å². The predicted molar refractivity (Wildman–Crippen MR) is 46.0 cm³/mol. The fourth-order valence-corrected chi connectivity index (χ4v) is 1.02. The fraction of sp³-hybridized carbons (Fsp3) is 0.250. The zero-order valence-corrected chi connectivity index (χ0v) is 7.75. The number of hydrogen-bond acceptors (Lipinski definition) is 5. The molecule has 0 radical (unpaired) electrons. The van der Waals surface area contributed by atoms with Crippen LogP contribution < -0.4 is 10.5 Å². The maximum Gasteiger partial charge on any atom is 0.573 e. The van der Waals surface area contributed by atoms with Gasteiger partial charge in [0.15, 0.2) is 11.6 Å². The first-order chi connectivity index (χ1) is 7.37. The number of halogens is 3. The molecule has 0 aromatic carbocycles. The number of nitrogens with zero attached hydrogens (tertiary/aromatic N) is 2. The molecule has 1 aromatic heterocycles. The molecule has 0 atom stereocenters. The molecule has 8 heteroatoms. The molecule has 16 heavy (non-hydrogen) atoms. The largest absolute Gasteiger partial charge is 0.573 e. The van der Waals surface area contributed by atoms with Crippen LogP contribution in [0.2, 0.25) is 0 Å². The number of aromatic nitrogens is 1. The number of aliphatic hydroxyl groups excluding tert-OH is 1. The van der Waals surface area contributed by atoms with Gasteiger partial charge >= 0.3 is 6.36 Å². The minimum absolute atomic E-state index is 0.198. The van der Waals surface area contributed by atoms with Crippen LogP contribution in [0.5, 0.6) is 5.75 Å². The van der Waals surface area contributed by atoms with Gasteiger partial charge in [-0.05, 0) is 6.07 Å². The molecule has 0 bridgehead atoms. The first-order valence-corrected chi connectivity index (χ1v) is 3.93. The molecule has 0 amide bonds. The Kier molecular flexibility index (Phi) is 3.20. The van der Waals surface area contributed by atoms with Crippen LogP contribution in [0.4, 0.5) is 19.0 Å². The van der Waals surface area contributed by atoms with Crippen molar-refractivity contribution in [3.63, 3.8) is 0 Å². The van der Waals surface area contributed by atoms with E-state index in [1.807, 2.05) is 0 Å². The summed E-state index contributed by atoms with van der Waals surface area (Å²) in [6.07, 6.45) is -4.94. The minimum Gasteiger partial charge on any atom is -0.401 e. The highest BCUT2D eigenvalue weighted by Gasteiger charge is 2.33. The van der Waals surface area contributed by atoms with Crippen LogP contribution in [0, 0.1) is 11.3 Å². The number of anilines is 1. The van der Waals surface area contributed by atoms with E-state index < -0.39 is 24.5 Å². The zero-order chi connectivity index (χ0) is 12.3. The molecule has 5 nitrogen and oxygen atoms in total. The molecule has 86 valence electrons. The maximum atomic E-state index is 12.0. The van der Waals surface area contributed by atoms with Gasteiger partial charge in [0, 0.05) is 5.56 Å². The van der Waals surface area contributed by atoms with Crippen LogP contribution >= 0.6 is 0 Å². The monoisotopic (exact) mass is 233 g/mol. The second-order valence-corrected chi connectivity index (χ2v) is 2.70. The minimum atomic E-state index is -4.94. The highest BCUT2D eigenvalue weighted by atomic mass is 19.4. The van der Waals surface area contributed by atoms with Crippen molar-refractivity contribution in [3.05, 3.63) is 17.3 Å². The summed E-state index contributed by atoms with van der Waals surface area (Å²) in [5.74, 6) is -1.38. The molecule has 1 rings (SSSR count). The summed E-state index contributed by atoms with van der Waals surface area (Å²) in [6.45, 7) is -0.743. The van der Waals surface area contributed by atoms with E-state index in [9.17, 15) is 13.2 Å². The van der Waals surface area contributed by atoms with E-state index >= 15 is 0 Å². The summed E-state index contributed by atoms with van der Waals surface area (Å²) in [5.41, 5.74) is 4.74. The molecule has 0 fully saturated rings. The van der Waals surface area contributed by atoms with Crippen molar-refractivity contribution in [2.24, 2.45) is 0 Å². The lowest BCUT2D eigenvalue weighted by atomic mass is 10.2. The molecule has 0 aliphatic carbocycles. The third kappa shape index (κ3) is 2.74. The van der Waals surface area contributed by atoms with Gasteiger partial charge < -0.3 is 15.6 Å². The van der Waals surface area contributed by atoms with Gasteiger partial charge in [0.05, 0.1) is 6.61 Å². The van der Waals surface area contributed by atoms with Crippen LogP contribution in [0.25, 0.3) is 0 Å². The van der Waals surface area contributed by atoms with Gasteiger partial charge in [-0.2, -0.15) is 5.26 Å². The van der Waals surface area contributed by atoms with Crippen molar-refractivity contribution in [3.8, 4) is 11.8 Å². The Morgan fingerprint density at radius 1 is 1.56 bits per heavy atom. The average molecular weight is 233 g/mol. The number of nitrogens with two attached hydrogens (primary N) is 1. The van der Waals surface area contributed by atoms with E-state index in [1.165, 1.54) is 0 Å². The Morgan fingerprint density at radius 2 is 2.19 bits per heavy atom. The first-order valence-electron chi connectivity index (χ1n) is 3.93. The van der Waals surface area contributed by atoms with E-state index in [2.05, 4.69) is 9.72 Å². The third-order valence-electron chi connectivity index (χ3n) is 1.58. The fourth-order valence-electron chi connectivity index (χ4n) is 1.02. The number of nitriles is 1. The lowest BCUT2D eigenvalue weighted by molar-refractivity contribution is -0.274. The Morgan fingerprint density at radius 3 is 2.62 bits per heavy atom. The number of nitrogen functional groups attached to an aromatic ring is 1. The van der Waals surface area contributed by atoms with Gasteiger partial charge in [0.2, 0.25) is 0 Å². The molecular formula is C8H6F3N3O2. The average Bonchev–Trinajstić information content (AvgIpc) is 2.19. The summed E-state index contributed by atoms with van der Waals surface area (Å²) >= 11 is 0. The smallest absolute Gasteiger partial charge is 0.401 e. The highest BCUT2D eigenvalue weighted by molar-refractivity contribution is 5.53. The van der Waals surface area contributed by atoms with Crippen molar-refractivity contribution in [1.29, 1.82) is 5.26 Å². The van der Waals surface area contributed by atoms with Gasteiger partial charge in [0.25, 0.3) is 0 Å². The van der Waals surface area contributed by atoms with Gasteiger partial charge in [-0.25, -0.2) is 4.98 Å². The Balaban J connectivity index is 3.23. The molecule has 1 heterocycles. The van der Waals surface area contributed by atoms with Crippen molar-refractivity contribution >= 4 is 5.82 Å². The lowest BCUT2D eigenvalue weighted by Crippen LogP contribution is -2.19. The molecule has 0 spiro atoms. The molecular weight excluding hydrogens is 227 g/mol. The standard InChI is InChI=1S/C8H6F3N3O2/c9-8(10,11)16-6-4(3-15)1-5(2-12)14-7(6)13/h1,15H,3H2,(H2,13,14).